The molecular weight excluding hydrogens is 646 g/mol. The van der Waals surface area contributed by atoms with Crippen LogP contribution >= 0.6 is 0 Å². The number of amides is 2. The number of benzene rings is 1. The average Bonchev–Trinajstić information content (AvgIpc) is 3.12. The van der Waals surface area contributed by atoms with Crippen LogP contribution in [0.15, 0.2) is 41.3 Å². The number of carbonyl (C=O) groups excluding carboxylic acids is 3. The van der Waals surface area contributed by atoms with Crippen molar-refractivity contribution < 1.29 is 19.1 Å². The van der Waals surface area contributed by atoms with Gasteiger partial charge in [-0.05, 0) is 81.5 Å². The average molecular weight is 700 g/mol. The second-order valence-corrected chi connectivity index (χ2v) is 13.4. The minimum atomic E-state index is -0.375. The lowest BCUT2D eigenvalue weighted by molar-refractivity contribution is -0.140. The van der Waals surface area contributed by atoms with E-state index in [0.717, 1.165) is 66.7 Å². The highest BCUT2D eigenvalue weighted by Gasteiger charge is 2.23. The molecule has 0 radical (unpaired) electrons. The number of ether oxygens (including phenoxy) is 1. The van der Waals surface area contributed by atoms with Crippen LogP contribution in [0.2, 0.25) is 0 Å². The lowest BCUT2D eigenvalue weighted by Crippen LogP contribution is -2.49. The number of rotatable bonds is 17. The first-order valence-corrected chi connectivity index (χ1v) is 18.0. The van der Waals surface area contributed by atoms with Crippen molar-refractivity contribution in [3.05, 3.63) is 74.8 Å². The van der Waals surface area contributed by atoms with Crippen LogP contribution in [0, 0.1) is 12.3 Å². The Morgan fingerprint density at radius 3 is 2.37 bits per heavy atom. The molecule has 12 heteroatoms. The quantitative estimate of drug-likeness (QED) is 0.0804. The number of piperazine rings is 1. The van der Waals surface area contributed by atoms with Crippen LogP contribution in [0.3, 0.4) is 0 Å². The van der Waals surface area contributed by atoms with Gasteiger partial charge in [-0.2, -0.15) is 0 Å². The van der Waals surface area contributed by atoms with E-state index in [-0.39, 0.29) is 35.9 Å². The molecule has 274 valence electrons. The highest BCUT2D eigenvalue weighted by atomic mass is 16.5. The van der Waals surface area contributed by atoms with Gasteiger partial charge in [-0.25, -0.2) is 4.98 Å². The third-order valence-electron chi connectivity index (χ3n) is 9.11. The molecule has 1 fully saturated rings. The number of anilines is 2. The van der Waals surface area contributed by atoms with E-state index in [0.29, 0.717) is 61.4 Å². The smallest absolute Gasteiger partial charge is 0.305 e. The normalized spacial score (nSPS) is 12.9. The monoisotopic (exact) mass is 699 g/mol. The van der Waals surface area contributed by atoms with Gasteiger partial charge in [0.15, 0.2) is 0 Å². The fourth-order valence-electron chi connectivity index (χ4n) is 6.42. The van der Waals surface area contributed by atoms with Crippen LogP contribution in [0.25, 0.3) is 11.1 Å². The van der Waals surface area contributed by atoms with Crippen molar-refractivity contribution in [2.45, 2.75) is 91.6 Å². The maximum absolute atomic E-state index is 13.7. The molecule has 4 N–H and O–H groups in total. The Labute approximate surface area is 300 Å². The summed E-state index contributed by atoms with van der Waals surface area (Å²) in [5.41, 5.74) is 5.08. The van der Waals surface area contributed by atoms with E-state index in [1.165, 1.54) is 13.3 Å². The number of methoxy groups -OCH3 is 1. The molecule has 0 spiro atoms. The molecule has 51 heavy (non-hydrogen) atoms. The van der Waals surface area contributed by atoms with Gasteiger partial charge in [0.25, 0.3) is 11.5 Å². The SMILES string of the molecule is CCCc1cc(C)[nH]c(=O)c1CNC(=O)c1cc(-c2ccc(N3CCN(C(=O)CCCCCCC(=O)OC)CC3)nc2)cc(NC(C)C)c1C=N. The molecule has 0 atom stereocenters. The van der Waals surface area contributed by atoms with Crippen molar-refractivity contribution >= 4 is 35.5 Å². The molecule has 3 aromatic rings. The van der Waals surface area contributed by atoms with Gasteiger partial charge >= 0.3 is 5.97 Å². The Kier molecular flexibility index (Phi) is 14.3. The Hall–Kier alpha value is -5.00. The summed E-state index contributed by atoms with van der Waals surface area (Å²) in [7, 11) is 1.40. The number of aromatic amines is 1. The predicted molar refractivity (Wildman–Crippen MR) is 202 cm³/mol. The summed E-state index contributed by atoms with van der Waals surface area (Å²) in [5, 5.41) is 14.5. The first-order chi connectivity index (χ1) is 24.5. The van der Waals surface area contributed by atoms with Crippen molar-refractivity contribution in [2.75, 3.05) is 43.5 Å². The number of hydrogen-bond acceptors (Lipinski definition) is 9. The Morgan fingerprint density at radius 1 is 1.02 bits per heavy atom. The number of esters is 1. The van der Waals surface area contributed by atoms with E-state index in [2.05, 4.69) is 32.2 Å². The predicted octanol–water partition coefficient (Wildman–Crippen LogP) is 5.61. The van der Waals surface area contributed by atoms with Crippen LogP contribution in [-0.4, -0.2) is 78.2 Å². The topological polar surface area (TPSA) is 161 Å². The number of H-pyrrole nitrogens is 1. The number of carbonyl (C=O) groups is 3. The molecule has 0 saturated carbocycles. The van der Waals surface area contributed by atoms with E-state index < -0.39 is 0 Å². The number of hydrogen-bond donors (Lipinski definition) is 4. The Balaban J connectivity index is 1.43. The molecule has 2 aromatic heterocycles. The third kappa shape index (κ3) is 10.7. The first kappa shape index (κ1) is 38.8. The second kappa shape index (κ2) is 18.8. The van der Waals surface area contributed by atoms with Gasteiger partial charge < -0.3 is 35.6 Å². The highest BCUT2D eigenvalue weighted by Crippen LogP contribution is 2.30. The zero-order chi connectivity index (χ0) is 36.9. The van der Waals surface area contributed by atoms with E-state index in [9.17, 15) is 19.2 Å². The summed E-state index contributed by atoms with van der Waals surface area (Å²) in [6.07, 6.45) is 8.94. The minimum absolute atomic E-state index is 0.0571. The van der Waals surface area contributed by atoms with Gasteiger partial charge in [0, 0.05) is 92.1 Å². The standard InChI is InChI=1S/C39H53N7O5/c1-6-11-28-20-27(4)44-39(50)33(28)25-42-38(49)31-21-30(22-34(32(31)23-40)43-26(2)3)29-14-15-35(41-24-29)45-16-18-46(19-17-45)36(47)12-9-7-8-10-13-37(48)51-5/h14-15,20-24,26,40,43H,6-13,16-19,25H2,1-5H3,(H,42,49)(H,44,50). The molecule has 1 saturated heterocycles. The molecular formula is C39H53N7O5. The van der Waals surface area contributed by atoms with Crippen molar-refractivity contribution in [2.24, 2.45) is 0 Å². The van der Waals surface area contributed by atoms with Gasteiger partial charge in [0.05, 0.1) is 12.7 Å². The van der Waals surface area contributed by atoms with Crippen LogP contribution in [-0.2, 0) is 27.3 Å². The minimum Gasteiger partial charge on any atom is -0.469 e. The maximum Gasteiger partial charge on any atom is 0.305 e. The lowest BCUT2D eigenvalue weighted by atomic mass is 9.97. The maximum atomic E-state index is 13.7. The highest BCUT2D eigenvalue weighted by molar-refractivity contribution is 6.06. The molecule has 2 amide bonds. The molecule has 1 aromatic carbocycles. The number of nitrogens with zero attached hydrogens (tertiary/aromatic N) is 3. The number of aromatic nitrogens is 2. The molecule has 0 unspecified atom stereocenters. The summed E-state index contributed by atoms with van der Waals surface area (Å²) < 4.78 is 4.67. The molecule has 0 bridgehead atoms. The number of pyridine rings is 2. The fraction of sp³-hybridized carbons (Fsp3) is 0.487. The van der Waals surface area contributed by atoms with E-state index >= 15 is 0 Å². The fourth-order valence-corrected chi connectivity index (χ4v) is 6.42. The molecule has 1 aliphatic heterocycles. The zero-order valence-electron chi connectivity index (χ0n) is 30.7. The van der Waals surface area contributed by atoms with Crippen molar-refractivity contribution in [3.63, 3.8) is 0 Å². The van der Waals surface area contributed by atoms with Crippen molar-refractivity contribution in [1.29, 1.82) is 5.41 Å². The van der Waals surface area contributed by atoms with Crippen molar-refractivity contribution in [3.8, 4) is 11.1 Å². The molecule has 0 aliphatic carbocycles. The summed E-state index contributed by atoms with van der Waals surface area (Å²) in [5.74, 6) is 0.415. The van der Waals surface area contributed by atoms with Crippen LogP contribution in [0.5, 0.6) is 0 Å². The largest absolute Gasteiger partial charge is 0.469 e. The van der Waals surface area contributed by atoms with E-state index in [4.69, 9.17) is 10.4 Å². The first-order valence-electron chi connectivity index (χ1n) is 18.0. The zero-order valence-corrected chi connectivity index (χ0v) is 30.7. The number of unbranched alkanes of at least 4 members (excludes halogenated alkanes) is 3. The molecule has 4 rings (SSSR count). The number of nitrogens with one attached hydrogen (secondary N) is 4. The molecule has 12 nitrogen and oxygen atoms in total. The molecule has 3 heterocycles. The lowest BCUT2D eigenvalue weighted by Gasteiger charge is -2.35. The van der Waals surface area contributed by atoms with Crippen LogP contribution in [0.1, 0.15) is 98.5 Å². The van der Waals surface area contributed by atoms with Gasteiger partial charge in [0.2, 0.25) is 5.91 Å². The van der Waals surface area contributed by atoms with E-state index in [1.807, 2.05) is 49.9 Å². The van der Waals surface area contributed by atoms with Gasteiger partial charge in [0.1, 0.15) is 5.82 Å². The summed E-state index contributed by atoms with van der Waals surface area (Å²) >= 11 is 0. The van der Waals surface area contributed by atoms with E-state index in [1.54, 1.807) is 12.3 Å². The molecule has 1 aliphatic rings. The Morgan fingerprint density at radius 2 is 1.75 bits per heavy atom. The third-order valence-corrected chi connectivity index (χ3v) is 9.11. The van der Waals surface area contributed by atoms with Gasteiger partial charge in [-0.1, -0.05) is 26.2 Å². The summed E-state index contributed by atoms with van der Waals surface area (Å²) in [4.78, 5) is 62.2. The van der Waals surface area contributed by atoms with Crippen LogP contribution in [0.4, 0.5) is 11.5 Å². The second-order valence-electron chi connectivity index (χ2n) is 13.4. The Bertz CT molecular complexity index is 1730. The van der Waals surface area contributed by atoms with Gasteiger partial charge in [-0.15, -0.1) is 0 Å². The van der Waals surface area contributed by atoms with Crippen molar-refractivity contribution in [1.82, 2.24) is 20.2 Å². The summed E-state index contributed by atoms with van der Waals surface area (Å²) in [6.45, 7) is 10.6. The number of aryl methyl sites for hydroxylation is 2. The van der Waals surface area contributed by atoms with Crippen LogP contribution < -0.4 is 21.1 Å². The van der Waals surface area contributed by atoms with Gasteiger partial charge in [-0.3, -0.25) is 19.2 Å². The summed E-state index contributed by atoms with van der Waals surface area (Å²) in [6, 6.07) is 9.65.